The Morgan fingerprint density at radius 1 is 1.30 bits per heavy atom. The molecule has 2 aliphatic rings. The van der Waals surface area contributed by atoms with Gasteiger partial charge in [-0.1, -0.05) is 6.07 Å². The number of hydrogen-bond donors (Lipinski definition) is 1. The third-order valence-corrected chi connectivity index (χ3v) is 5.79. The van der Waals surface area contributed by atoms with Gasteiger partial charge in [0.2, 0.25) is 10.0 Å². The van der Waals surface area contributed by atoms with Crippen LogP contribution in [0.15, 0.2) is 23.1 Å². The summed E-state index contributed by atoms with van der Waals surface area (Å²) in [6.45, 7) is 0.727. The highest BCUT2D eigenvalue weighted by Crippen LogP contribution is 2.31. The average Bonchev–Trinajstić information content (AvgIpc) is 2.77. The van der Waals surface area contributed by atoms with Crippen LogP contribution < -0.4 is 5.73 Å². The molecule has 5 nitrogen and oxygen atoms in total. The number of halogens is 1. The molecule has 0 amide bonds. The fourth-order valence-electron chi connectivity index (χ4n) is 2.85. The second-order valence-corrected chi connectivity index (χ2v) is 7.14. The first-order valence-electron chi connectivity index (χ1n) is 6.65. The molecule has 1 aromatic carbocycles. The van der Waals surface area contributed by atoms with E-state index in [1.165, 1.54) is 16.4 Å². The van der Waals surface area contributed by atoms with Crippen LogP contribution in [-0.4, -0.2) is 38.0 Å². The van der Waals surface area contributed by atoms with Crippen molar-refractivity contribution in [2.75, 3.05) is 13.1 Å². The number of benzene rings is 1. The molecule has 1 aromatic rings. The smallest absolute Gasteiger partial charge is 0.243 e. The van der Waals surface area contributed by atoms with E-state index in [1.54, 1.807) is 0 Å². The highest BCUT2D eigenvalue weighted by atomic mass is 32.2. The summed E-state index contributed by atoms with van der Waals surface area (Å²) >= 11 is 0. The number of fused-ring (bicyclic) bond motifs is 2. The van der Waals surface area contributed by atoms with E-state index in [0.717, 1.165) is 18.9 Å². The summed E-state index contributed by atoms with van der Waals surface area (Å²) in [5.41, 5.74) is 6.00. The van der Waals surface area contributed by atoms with Crippen molar-refractivity contribution in [3.8, 4) is 0 Å². The van der Waals surface area contributed by atoms with E-state index < -0.39 is 15.8 Å². The summed E-state index contributed by atoms with van der Waals surface area (Å²) in [5.74, 6) is -0.572. The molecule has 2 heterocycles. The van der Waals surface area contributed by atoms with E-state index in [0.29, 0.717) is 18.7 Å². The summed E-state index contributed by atoms with van der Waals surface area (Å²) in [6, 6.07) is 3.70. The Hall–Kier alpha value is -1.02. The van der Waals surface area contributed by atoms with Crippen molar-refractivity contribution in [3.05, 3.63) is 29.6 Å². The second-order valence-electron chi connectivity index (χ2n) is 5.24. The third kappa shape index (κ3) is 2.35. The van der Waals surface area contributed by atoms with Gasteiger partial charge in [-0.2, -0.15) is 4.31 Å². The van der Waals surface area contributed by atoms with Crippen molar-refractivity contribution >= 4 is 10.0 Å². The molecular formula is C13H17FN2O3S. The minimum atomic E-state index is -3.72. The number of ether oxygens (including phenoxy) is 1. The van der Waals surface area contributed by atoms with Crippen LogP contribution in [0.1, 0.15) is 18.4 Å². The predicted octanol–water partition coefficient (Wildman–Crippen LogP) is 0.836. The van der Waals surface area contributed by atoms with Crippen molar-refractivity contribution in [3.63, 3.8) is 0 Å². The number of sulfonamides is 1. The highest BCUT2D eigenvalue weighted by molar-refractivity contribution is 7.89. The van der Waals surface area contributed by atoms with Crippen molar-refractivity contribution in [1.29, 1.82) is 0 Å². The minimum Gasteiger partial charge on any atom is -0.372 e. The van der Waals surface area contributed by atoms with Crippen LogP contribution in [0.3, 0.4) is 0 Å². The van der Waals surface area contributed by atoms with Crippen molar-refractivity contribution in [2.24, 2.45) is 5.73 Å². The third-order valence-electron chi connectivity index (χ3n) is 3.88. The predicted molar refractivity (Wildman–Crippen MR) is 70.9 cm³/mol. The maximum absolute atomic E-state index is 13.4. The first kappa shape index (κ1) is 13.9. The van der Waals surface area contributed by atoms with Gasteiger partial charge in [-0.3, -0.25) is 0 Å². The van der Waals surface area contributed by atoms with E-state index in [-0.39, 0.29) is 23.6 Å². The van der Waals surface area contributed by atoms with E-state index in [4.69, 9.17) is 10.5 Å². The number of nitrogens with zero attached hydrogens (tertiary/aromatic N) is 1. The Morgan fingerprint density at radius 2 is 1.95 bits per heavy atom. The molecule has 0 aliphatic carbocycles. The van der Waals surface area contributed by atoms with Gasteiger partial charge in [0.1, 0.15) is 5.82 Å². The normalized spacial score (nSPS) is 26.9. The summed E-state index contributed by atoms with van der Waals surface area (Å²) in [5, 5.41) is 0. The summed E-state index contributed by atoms with van der Waals surface area (Å²) in [6.07, 6.45) is 1.67. The van der Waals surface area contributed by atoms with Crippen LogP contribution in [0.2, 0.25) is 0 Å². The van der Waals surface area contributed by atoms with Gasteiger partial charge in [0.15, 0.2) is 0 Å². The van der Waals surface area contributed by atoms with E-state index in [1.807, 2.05) is 0 Å². The lowest BCUT2D eigenvalue weighted by atomic mass is 10.2. The van der Waals surface area contributed by atoms with Crippen LogP contribution >= 0.6 is 0 Å². The van der Waals surface area contributed by atoms with Gasteiger partial charge < -0.3 is 10.5 Å². The molecule has 2 unspecified atom stereocenters. The lowest BCUT2D eigenvalue weighted by Gasteiger charge is -2.31. The molecule has 7 heteroatoms. The fraction of sp³-hybridized carbons (Fsp3) is 0.538. The molecule has 20 heavy (non-hydrogen) atoms. The zero-order valence-electron chi connectivity index (χ0n) is 11.0. The lowest BCUT2D eigenvalue weighted by molar-refractivity contribution is -0.0114. The maximum atomic E-state index is 13.4. The largest absolute Gasteiger partial charge is 0.372 e. The quantitative estimate of drug-likeness (QED) is 0.897. The topological polar surface area (TPSA) is 72.6 Å². The van der Waals surface area contributed by atoms with Gasteiger partial charge in [-0.25, -0.2) is 12.8 Å². The van der Waals surface area contributed by atoms with Gasteiger partial charge >= 0.3 is 0 Å². The first-order valence-corrected chi connectivity index (χ1v) is 8.09. The Bertz CT molecular complexity index is 608. The van der Waals surface area contributed by atoms with E-state index in [2.05, 4.69) is 0 Å². The van der Waals surface area contributed by atoms with Crippen LogP contribution in [0.5, 0.6) is 0 Å². The van der Waals surface area contributed by atoms with E-state index in [9.17, 15) is 12.8 Å². The number of rotatable bonds is 3. The average molecular weight is 300 g/mol. The van der Waals surface area contributed by atoms with Gasteiger partial charge in [-0.05, 0) is 30.5 Å². The Kier molecular flexibility index (Phi) is 3.53. The molecule has 3 rings (SSSR count). The fourth-order valence-corrected chi connectivity index (χ4v) is 4.60. The second kappa shape index (κ2) is 5.07. The molecule has 0 radical (unpaired) electrons. The zero-order chi connectivity index (χ0) is 14.3. The summed E-state index contributed by atoms with van der Waals surface area (Å²) in [7, 11) is -3.72. The lowest BCUT2D eigenvalue weighted by Crippen LogP contribution is -2.46. The Labute approximate surface area is 117 Å². The summed E-state index contributed by atoms with van der Waals surface area (Å²) < 4.78 is 45.8. The molecule has 0 aromatic heterocycles. The molecule has 2 bridgehead atoms. The Morgan fingerprint density at radius 3 is 2.55 bits per heavy atom. The number of nitrogens with two attached hydrogens (primary N) is 1. The standard InChI is InChI=1S/C13H17FN2O3S/c14-10-2-1-9(6-15)13(5-10)20(17,18)16-7-11-3-4-12(8-16)19-11/h1-2,5,11-12H,3-4,6-8,15H2. The molecule has 110 valence electrons. The molecule has 2 N–H and O–H groups in total. The van der Waals surface area contributed by atoms with Gasteiger partial charge in [-0.15, -0.1) is 0 Å². The zero-order valence-corrected chi connectivity index (χ0v) is 11.8. The van der Waals surface area contributed by atoms with Gasteiger partial charge in [0, 0.05) is 19.6 Å². The van der Waals surface area contributed by atoms with Crippen LogP contribution in [0.4, 0.5) is 4.39 Å². The van der Waals surface area contributed by atoms with Crippen molar-refractivity contribution in [1.82, 2.24) is 4.31 Å². The monoisotopic (exact) mass is 300 g/mol. The first-order chi connectivity index (χ1) is 9.50. The molecular weight excluding hydrogens is 283 g/mol. The summed E-state index contributed by atoms with van der Waals surface area (Å²) in [4.78, 5) is -0.0266. The van der Waals surface area contributed by atoms with Gasteiger partial charge in [0.05, 0.1) is 17.1 Å². The number of morpholine rings is 1. The minimum absolute atomic E-state index is 0.0266. The van der Waals surface area contributed by atoms with Crippen molar-refractivity contribution < 1.29 is 17.5 Å². The van der Waals surface area contributed by atoms with Crippen LogP contribution in [0.25, 0.3) is 0 Å². The van der Waals surface area contributed by atoms with Crippen molar-refractivity contribution in [2.45, 2.75) is 36.5 Å². The molecule has 2 aliphatic heterocycles. The molecule has 0 saturated carbocycles. The molecule has 2 fully saturated rings. The Balaban J connectivity index is 1.97. The maximum Gasteiger partial charge on any atom is 0.243 e. The molecule has 2 saturated heterocycles. The SMILES string of the molecule is NCc1ccc(F)cc1S(=O)(=O)N1CC2CCC(C1)O2. The molecule has 0 spiro atoms. The van der Waals surface area contributed by atoms with Crippen LogP contribution in [0, 0.1) is 5.82 Å². The molecule has 2 atom stereocenters. The van der Waals surface area contributed by atoms with Crippen LogP contribution in [-0.2, 0) is 21.3 Å². The highest BCUT2D eigenvalue weighted by Gasteiger charge is 2.39. The van der Waals surface area contributed by atoms with Gasteiger partial charge in [0.25, 0.3) is 0 Å². The van der Waals surface area contributed by atoms with E-state index >= 15 is 0 Å². The number of hydrogen-bond acceptors (Lipinski definition) is 4.